The van der Waals surface area contributed by atoms with E-state index in [4.69, 9.17) is 14.2 Å². The summed E-state index contributed by atoms with van der Waals surface area (Å²) in [7, 11) is 1.67. The van der Waals surface area contributed by atoms with Gasteiger partial charge in [-0.15, -0.1) is 0 Å². The first-order chi connectivity index (χ1) is 10.3. The molecule has 4 nitrogen and oxygen atoms in total. The van der Waals surface area contributed by atoms with Crippen LogP contribution in [0.5, 0.6) is 0 Å². The van der Waals surface area contributed by atoms with Crippen LogP contribution >= 0.6 is 0 Å². The molecule has 0 aliphatic heterocycles. The monoisotopic (exact) mass is 295 g/mol. The lowest BCUT2D eigenvalue weighted by Gasteiger charge is -2.27. The molecule has 120 valence electrons. The number of benzene rings is 1. The van der Waals surface area contributed by atoms with E-state index in [1.165, 1.54) is 5.56 Å². The summed E-state index contributed by atoms with van der Waals surface area (Å²) in [4.78, 5) is 0. The van der Waals surface area contributed by atoms with Crippen molar-refractivity contribution >= 4 is 0 Å². The number of hydrogen-bond acceptors (Lipinski definition) is 4. The zero-order chi connectivity index (χ0) is 15.3. The number of rotatable bonds is 12. The maximum absolute atomic E-state index is 6.01. The van der Waals surface area contributed by atoms with Gasteiger partial charge in [0.15, 0.2) is 0 Å². The van der Waals surface area contributed by atoms with E-state index in [1.807, 2.05) is 6.07 Å². The minimum Gasteiger partial charge on any atom is -0.382 e. The Morgan fingerprint density at radius 1 is 1.00 bits per heavy atom. The van der Waals surface area contributed by atoms with Crippen LogP contribution in [0.15, 0.2) is 30.3 Å². The van der Waals surface area contributed by atoms with Gasteiger partial charge in [-0.1, -0.05) is 44.2 Å². The summed E-state index contributed by atoms with van der Waals surface area (Å²) in [6.07, 6.45) is 1.11. The third-order valence-electron chi connectivity index (χ3n) is 3.35. The van der Waals surface area contributed by atoms with Crippen LogP contribution in [0.3, 0.4) is 0 Å². The summed E-state index contributed by atoms with van der Waals surface area (Å²) in [5.41, 5.74) is 1.27. The zero-order valence-electron chi connectivity index (χ0n) is 13.5. The molecule has 1 N–H and O–H groups in total. The molecule has 2 atom stereocenters. The first-order valence-electron chi connectivity index (χ1n) is 7.80. The Bertz CT molecular complexity index is 345. The number of nitrogens with one attached hydrogen (secondary N) is 1. The Balaban J connectivity index is 2.46. The van der Waals surface area contributed by atoms with Crippen molar-refractivity contribution < 1.29 is 14.2 Å². The lowest BCUT2D eigenvalue weighted by Crippen LogP contribution is -2.34. The minimum atomic E-state index is 0.151. The van der Waals surface area contributed by atoms with Gasteiger partial charge in [0, 0.05) is 7.11 Å². The molecule has 0 spiro atoms. The van der Waals surface area contributed by atoms with Gasteiger partial charge in [0.1, 0.15) is 0 Å². The first-order valence-corrected chi connectivity index (χ1v) is 7.80. The van der Waals surface area contributed by atoms with Crippen LogP contribution in [0, 0.1) is 0 Å². The van der Waals surface area contributed by atoms with Crippen molar-refractivity contribution in [1.82, 2.24) is 5.32 Å². The molecule has 0 saturated heterocycles. The molecule has 1 rings (SSSR count). The number of likely N-dealkylation sites (N-methyl/N-ethyl adjacent to an activating group) is 1. The fraction of sp³-hybridized carbons (Fsp3) is 0.647. The topological polar surface area (TPSA) is 39.7 Å². The lowest BCUT2D eigenvalue weighted by molar-refractivity contribution is -0.0212. The van der Waals surface area contributed by atoms with E-state index >= 15 is 0 Å². The lowest BCUT2D eigenvalue weighted by atomic mass is 9.99. The van der Waals surface area contributed by atoms with Crippen molar-refractivity contribution in [2.45, 2.75) is 32.4 Å². The molecule has 0 amide bonds. The van der Waals surface area contributed by atoms with E-state index in [1.54, 1.807) is 7.11 Å². The maximum Gasteiger partial charge on any atom is 0.0768 e. The van der Waals surface area contributed by atoms with Crippen LogP contribution in [0.1, 0.15) is 31.9 Å². The summed E-state index contributed by atoms with van der Waals surface area (Å²) in [5.74, 6) is 0. The summed E-state index contributed by atoms with van der Waals surface area (Å²) in [6, 6.07) is 10.7. The van der Waals surface area contributed by atoms with Gasteiger partial charge in [-0.3, -0.25) is 0 Å². The molecule has 0 saturated carbocycles. The van der Waals surface area contributed by atoms with Gasteiger partial charge >= 0.3 is 0 Å². The van der Waals surface area contributed by atoms with E-state index < -0.39 is 0 Å². The molecule has 0 radical (unpaired) electrons. The Morgan fingerprint density at radius 3 is 2.33 bits per heavy atom. The molecule has 0 heterocycles. The Kier molecular flexibility index (Phi) is 10.1. The largest absolute Gasteiger partial charge is 0.382 e. The molecule has 4 heteroatoms. The third kappa shape index (κ3) is 7.05. The van der Waals surface area contributed by atoms with Gasteiger partial charge in [-0.05, 0) is 18.5 Å². The fourth-order valence-corrected chi connectivity index (χ4v) is 2.30. The smallest absolute Gasteiger partial charge is 0.0768 e. The third-order valence-corrected chi connectivity index (χ3v) is 3.35. The SMILES string of the molecule is CCNC(c1ccccc1)C(CC)OCCOCCOC. The zero-order valence-corrected chi connectivity index (χ0v) is 13.5. The van der Waals surface area contributed by atoms with Crippen molar-refractivity contribution in [3.05, 3.63) is 35.9 Å². The Hall–Kier alpha value is -0.940. The standard InChI is InChI=1S/C17H29NO3/c1-4-16(21-14-13-20-12-11-19-3)17(18-5-2)15-9-7-6-8-10-15/h6-10,16-18H,4-5,11-14H2,1-3H3. The van der Waals surface area contributed by atoms with Gasteiger partial charge in [0.2, 0.25) is 0 Å². The van der Waals surface area contributed by atoms with Crippen LogP contribution in [0.4, 0.5) is 0 Å². The van der Waals surface area contributed by atoms with Crippen LogP contribution < -0.4 is 5.32 Å². The van der Waals surface area contributed by atoms with Crippen LogP contribution in [-0.2, 0) is 14.2 Å². The van der Waals surface area contributed by atoms with Crippen LogP contribution in [-0.4, -0.2) is 46.2 Å². The highest BCUT2D eigenvalue weighted by atomic mass is 16.5. The quantitative estimate of drug-likeness (QED) is 0.602. The second-order valence-corrected chi connectivity index (χ2v) is 4.87. The van der Waals surface area contributed by atoms with Gasteiger partial charge in [0.25, 0.3) is 0 Å². The van der Waals surface area contributed by atoms with Crippen molar-refractivity contribution in [1.29, 1.82) is 0 Å². The second-order valence-electron chi connectivity index (χ2n) is 4.87. The number of hydrogen-bond donors (Lipinski definition) is 1. The maximum atomic E-state index is 6.01. The van der Waals surface area contributed by atoms with E-state index in [-0.39, 0.29) is 12.1 Å². The molecule has 21 heavy (non-hydrogen) atoms. The van der Waals surface area contributed by atoms with Gasteiger partial charge in [0.05, 0.1) is 38.6 Å². The van der Waals surface area contributed by atoms with Crippen molar-refractivity contribution in [3.63, 3.8) is 0 Å². The van der Waals surface area contributed by atoms with Crippen LogP contribution in [0.2, 0.25) is 0 Å². The molecule has 1 aromatic rings. The molecular formula is C17H29NO3. The molecule has 0 bridgehead atoms. The molecule has 0 fully saturated rings. The van der Waals surface area contributed by atoms with E-state index in [9.17, 15) is 0 Å². The Morgan fingerprint density at radius 2 is 1.71 bits per heavy atom. The first kappa shape index (κ1) is 18.1. The predicted octanol–water partition coefficient (Wildman–Crippen LogP) is 2.80. The van der Waals surface area contributed by atoms with Gasteiger partial charge in [-0.25, -0.2) is 0 Å². The summed E-state index contributed by atoms with van der Waals surface area (Å²) in [5, 5.41) is 3.53. The molecule has 1 aromatic carbocycles. The highest BCUT2D eigenvalue weighted by molar-refractivity contribution is 5.20. The van der Waals surface area contributed by atoms with E-state index in [0.717, 1.165) is 13.0 Å². The van der Waals surface area contributed by atoms with Gasteiger partial charge in [-0.2, -0.15) is 0 Å². The number of ether oxygens (including phenoxy) is 3. The number of methoxy groups -OCH3 is 1. The molecule has 0 aromatic heterocycles. The highest BCUT2D eigenvalue weighted by Gasteiger charge is 2.21. The van der Waals surface area contributed by atoms with Crippen molar-refractivity contribution in [2.75, 3.05) is 40.1 Å². The summed E-state index contributed by atoms with van der Waals surface area (Å²) < 4.78 is 16.4. The van der Waals surface area contributed by atoms with Crippen molar-refractivity contribution in [3.8, 4) is 0 Å². The normalized spacial score (nSPS) is 14.0. The van der Waals surface area contributed by atoms with E-state index in [0.29, 0.717) is 26.4 Å². The molecule has 2 unspecified atom stereocenters. The fourth-order valence-electron chi connectivity index (χ4n) is 2.30. The highest BCUT2D eigenvalue weighted by Crippen LogP contribution is 2.21. The van der Waals surface area contributed by atoms with Crippen molar-refractivity contribution in [2.24, 2.45) is 0 Å². The van der Waals surface area contributed by atoms with Gasteiger partial charge < -0.3 is 19.5 Å². The van der Waals surface area contributed by atoms with Crippen LogP contribution in [0.25, 0.3) is 0 Å². The average molecular weight is 295 g/mol. The summed E-state index contributed by atoms with van der Waals surface area (Å²) in [6.45, 7) is 7.65. The van der Waals surface area contributed by atoms with E-state index in [2.05, 4.69) is 43.4 Å². The predicted molar refractivity (Wildman–Crippen MR) is 85.6 cm³/mol. The second kappa shape index (κ2) is 11.7. The summed E-state index contributed by atoms with van der Waals surface area (Å²) >= 11 is 0. The molecular weight excluding hydrogens is 266 g/mol. The molecule has 0 aliphatic rings. The molecule has 0 aliphatic carbocycles. The Labute approximate surface area is 128 Å². The minimum absolute atomic E-state index is 0.151. The average Bonchev–Trinajstić information content (AvgIpc) is 2.53.